The summed E-state index contributed by atoms with van der Waals surface area (Å²) >= 11 is 24.1. The summed E-state index contributed by atoms with van der Waals surface area (Å²) in [6, 6.07) is 119. The van der Waals surface area contributed by atoms with Crippen LogP contribution in [0.1, 0.15) is 146 Å². The van der Waals surface area contributed by atoms with Crippen molar-refractivity contribution < 1.29 is 92.2 Å². The molecular weight excluding hydrogens is 1890 g/mol. The molecule has 710 valence electrons. The molecule has 0 radical (unpaired) electrons. The van der Waals surface area contributed by atoms with Crippen LogP contribution in [0.25, 0.3) is 0 Å². The first-order chi connectivity index (χ1) is 65.6. The predicted molar refractivity (Wildman–Crippen MR) is 528 cm³/mol. The van der Waals surface area contributed by atoms with Crippen molar-refractivity contribution in [2.24, 2.45) is 0 Å². The van der Waals surface area contributed by atoms with Gasteiger partial charge in [0.25, 0.3) is 0 Å². The van der Waals surface area contributed by atoms with Gasteiger partial charge in [-0.3, -0.25) is 9.59 Å². The largest absolute Gasteiger partial charge is 0.744 e. The summed E-state index contributed by atoms with van der Waals surface area (Å²) in [7, 11) is -4.75. The van der Waals surface area contributed by atoms with Gasteiger partial charge in [0.15, 0.2) is 40.6 Å². The second-order valence-corrected chi connectivity index (χ2v) is 38.2. The molecular formula is C112H97Cl4O19S3-5. The molecule has 0 bridgehead atoms. The van der Waals surface area contributed by atoms with Gasteiger partial charge in [-0.15, -0.1) is 0 Å². The number of carboxylic acid groups (broad SMARTS) is 6. The van der Waals surface area contributed by atoms with Gasteiger partial charge in [0, 0.05) is 43.6 Å². The summed E-state index contributed by atoms with van der Waals surface area (Å²) in [5.74, 6) is -10.2. The Morgan fingerprint density at radius 1 is 0.312 bits per heavy atom. The van der Waals surface area contributed by atoms with Crippen molar-refractivity contribution in [2.45, 2.75) is 125 Å². The van der Waals surface area contributed by atoms with E-state index in [1.54, 1.807) is 188 Å². The summed E-state index contributed by atoms with van der Waals surface area (Å²) in [4.78, 5) is 91.7. The zero-order chi connectivity index (χ0) is 101. The fourth-order valence-electron chi connectivity index (χ4n) is 12.9. The maximum Gasteiger partial charge on any atom is 0.208 e. The maximum atomic E-state index is 11.6. The Kier molecular flexibility index (Phi) is 44.6. The first kappa shape index (κ1) is 111. The number of carbonyl (C=O) groups is 8. The van der Waals surface area contributed by atoms with Crippen LogP contribution in [0, 0.1) is 13.8 Å². The van der Waals surface area contributed by atoms with Crippen LogP contribution in [-0.2, 0) is 73.5 Å². The van der Waals surface area contributed by atoms with Crippen LogP contribution < -0.4 is 30.6 Å². The Balaban J connectivity index is 0.000000214. The highest BCUT2D eigenvalue weighted by atomic mass is 35.5. The molecule has 2 N–H and O–H groups in total. The molecule has 0 aromatic heterocycles. The minimum atomic E-state index is -4.45. The van der Waals surface area contributed by atoms with Crippen LogP contribution in [0.2, 0.25) is 20.1 Å². The van der Waals surface area contributed by atoms with Crippen LogP contribution in [-0.4, -0.2) is 70.6 Å². The molecule has 0 aliphatic heterocycles. The van der Waals surface area contributed by atoms with E-state index in [9.17, 15) is 92.2 Å². The van der Waals surface area contributed by atoms with Crippen molar-refractivity contribution in [3.8, 4) is 0 Å². The average molecular weight is 1990 g/mol. The average Bonchev–Trinajstić information content (AvgIpc) is 0.779. The molecule has 0 unspecified atom stereocenters. The predicted octanol–water partition coefficient (Wildman–Crippen LogP) is 17.4. The van der Waals surface area contributed by atoms with E-state index in [0.717, 1.165) is 36.8 Å². The van der Waals surface area contributed by atoms with E-state index >= 15 is 0 Å². The van der Waals surface area contributed by atoms with E-state index in [2.05, 4.69) is 118 Å². The maximum absolute atomic E-state index is 11.6. The van der Waals surface area contributed by atoms with E-state index in [1.807, 2.05) is 113 Å². The Labute approximate surface area is 829 Å². The van der Waals surface area contributed by atoms with Gasteiger partial charge in [0.1, 0.15) is 22.1 Å². The number of hydrogen-bond donors (Lipinski definition) is 2. The topological polar surface area (TPSA) is 373 Å². The summed E-state index contributed by atoms with van der Waals surface area (Å²) in [5, 5.41) is 86.6. The van der Waals surface area contributed by atoms with Gasteiger partial charge in [-0.1, -0.05) is 378 Å². The molecule has 0 amide bonds. The van der Waals surface area contributed by atoms with Crippen LogP contribution in [0.15, 0.2) is 435 Å². The smallest absolute Gasteiger partial charge is 0.208 e. The first-order valence-corrected chi connectivity index (χ1v) is 48.0. The molecule has 0 saturated carbocycles. The number of aliphatic hydroxyl groups is 2. The zero-order valence-electron chi connectivity index (χ0n) is 76.1. The number of ketones is 2. The standard InChI is InChI=1S/C19H15Cl2S.C18H13Cl2S.C15H24O3S.2C14H12O3.C9H10O2.2C8H6O3.C7H6O2/c1-14-2-8-17(9-3-14)22(18-10-4-15(20)5-11-18)19-12-6-16(21)7-13-19;19-14-6-10-17(11-7-14)21(16-4-2-1-3-5-16)18-12-8-15(20)9-13-18;1-9(2)12-7-13(10(3)4)15(19(16,17)18)14(8-12)11(5)6;2*15-13(16)14(17,11-7-3-1-4-8-11)12-9-5-2-6-10-12;1-7-2-4-8(5-3-7)6-9(10)11;2*9-7(8(10)11)6-4-2-1-3-5-6;8-7(9)6-4-2-1-3-5-6/h2-13H,1H3;1-13H;7-11H,1-6H3,(H,16,17,18);2*1-10,17H,(H,15,16);2-5H,6H2,1H3,(H,10,11);2*1-5H,(H,10,11);1-5H,(H,8,9)/q2*+1;;;;;;;/p-7. The quantitative estimate of drug-likeness (QED) is 0.0260. The highest BCUT2D eigenvalue weighted by molar-refractivity contribution is 7.97. The number of Topliss-reactive ketones (excluding diaryl/α,β-unsaturated/α-hetero) is 2. The Morgan fingerprint density at radius 2 is 0.536 bits per heavy atom. The van der Waals surface area contributed by atoms with Crippen molar-refractivity contribution in [1.82, 2.24) is 0 Å². The molecule has 0 aliphatic rings. The number of halogens is 4. The second-order valence-electron chi connectivity index (χ2n) is 31.1. The minimum absolute atomic E-state index is 0.000278. The minimum Gasteiger partial charge on any atom is -0.744 e. The lowest BCUT2D eigenvalue weighted by atomic mass is 9.86. The number of aliphatic carboxylic acids is 5. The summed E-state index contributed by atoms with van der Waals surface area (Å²) < 4.78 is 34.8. The van der Waals surface area contributed by atoms with E-state index in [1.165, 1.54) is 71.3 Å². The highest BCUT2D eigenvalue weighted by Gasteiger charge is 2.35. The van der Waals surface area contributed by atoms with Crippen molar-refractivity contribution >= 4 is 126 Å². The Bertz CT molecular complexity index is 6090. The molecule has 15 aromatic rings. The molecule has 0 saturated heterocycles. The van der Waals surface area contributed by atoms with Gasteiger partial charge in [-0.05, 0) is 203 Å². The summed E-state index contributed by atoms with van der Waals surface area (Å²) in [6.45, 7) is 15.9. The first-order valence-electron chi connectivity index (χ1n) is 42.6. The van der Waals surface area contributed by atoms with Gasteiger partial charge in [0.2, 0.25) is 11.6 Å². The lowest BCUT2D eigenvalue weighted by Crippen LogP contribution is -2.46. The molecule has 15 rings (SSSR count). The summed E-state index contributed by atoms with van der Waals surface area (Å²) in [6.07, 6.45) is 0.000278. The zero-order valence-corrected chi connectivity index (χ0v) is 81.6. The second kappa shape index (κ2) is 55.4. The van der Waals surface area contributed by atoms with E-state index in [0.29, 0.717) is 17.0 Å². The molecule has 0 spiro atoms. The van der Waals surface area contributed by atoms with Gasteiger partial charge >= 0.3 is 0 Å². The van der Waals surface area contributed by atoms with Gasteiger partial charge in [-0.2, -0.15) is 0 Å². The van der Waals surface area contributed by atoms with Gasteiger partial charge in [-0.25, -0.2) is 8.42 Å². The number of rotatable bonds is 23. The van der Waals surface area contributed by atoms with Crippen molar-refractivity contribution in [3.63, 3.8) is 0 Å². The number of carboxylic acids is 6. The lowest BCUT2D eigenvalue weighted by Gasteiger charge is -2.30. The van der Waals surface area contributed by atoms with E-state index < -0.39 is 68.7 Å². The third kappa shape index (κ3) is 34.4. The number of aryl methyl sites for hydroxylation is 2. The lowest BCUT2D eigenvalue weighted by molar-refractivity contribution is -0.323. The van der Waals surface area contributed by atoms with Crippen LogP contribution in [0.5, 0.6) is 0 Å². The molecule has 19 nitrogen and oxygen atoms in total. The Hall–Kier alpha value is -13.9. The number of aromatic carboxylic acids is 1. The number of carbonyl (C=O) groups excluding carboxylic acids is 8. The summed E-state index contributed by atoms with van der Waals surface area (Å²) in [5.41, 5.74) is 2.98. The number of benzene rings is 15. The van der Waals surface area contributed by atoms with Crippen LogP contribution in [0.4, 0.5) is 0 Å². The van der Waals surface area contributed by atoms with Crippen molar-refractivity contribution in [3.05, 3.63) is 493 Å². The van der Waals surface area contributed by atoms with Gasteiger partial charge < -0.3 is 74.2 Å². The fraction of sp³-hybridized carbons (Fsp3) is 0.125. The highest BCUT2D eigenvalue weighted by Crippen LogP contribution is 2.38. The van der Waals surface area contributed by atoms with Crippen LogP contribution >= 0.6 is 46.4 Å². The molecule has 15 aromatic carbocycles. The monoisotopic (exact) mass is 1980 g/mol. The molecule has 0 aliphatic carbocycles. The van der Waals surface area contributed by atoms with E-state index in [4.69, 9.17) is 46.4 Å². The molecule has 0 fully saturated rings. The van der Waals surface area contributed by atoms with Crippen LogP contribution in [0.3, 0.4) is 0 Å². The molecule has 26 heteroatoms. The van der Waals surface area contributed by atoms with Gasteiger partial charge in [0.05, 0.1) is 44.6 Å². The SMILES string of the molecule is CC(C)c1cc(C(C)C)c(S(=O)(=O)[O-])c(C(C)C)c1.Cc1ccc(CC(=O)[O-])cc1.Cc1ccc([S+](c2ccc(Cl)cc2)c2ccc(Cl)cc2)cc1.Clc1ccc([S+](c2ccccc2)c2ccc(Cl)cc2)cc1.O=C([O-])C(=O)c1ccccc1.O=C([O-])C(=O)c1ccccc1.O=C([O-])C(O)(c1ccccc1)c1ccccc1.O=C([O-])C(O)(c1ccccc1)c1ccccc1.O=C([O-])c1ccccc1. The number of hydrogen-bond acceptors (Lipinski definition) is 19. The third-order valence-corrected chi connectivity index (χ3v) is 26.5. The fourth-order valence-corrected chi connectivity index (χ4v) is 18.7. The molecule has 138 heavy (non-hydrogen) atoms. The van der Waals surface area contributed by atoms with E-state index in [-0.39, 0.29) is 83.9 Å². The Morgan fingerprint density at radius 3 is 0.746 bits per heavy atom. The van der Waals surface area contributed by atoms with Crippen molar-refractivity contribution in [2.75, 3.05) is 0 Å². The molecule has 0 atom stereocenters. The normalized spacial score (nSPS) is 10.7. The molecule has 0 heterocycles. The van der Waals surface area contributed by atoms with Crippen molar-refractivity contribution in [1.29, 1.82) is 0 Å². The third-order valence-electron chi connectivity index (χ3n) is 20.0.